The summed E-state index contributed by atoms with van der Waals surface area (Å²) in [5, 5.41) is 2.93. The molecule has 0 radical (unpaired) electrons. The second-order valence-corrected chi connectivity index (χ2v) is 7.13. The fraction of sp³-hybridized carbons (Fsp3) is 0.409. The third kappa shape index (κ3) is 5.23. The predicted molar refractivity (Wildman–Crippen MR) is 111 cm³/mol. The number of nitrogens with one attached hydrogen (secondary N) is 1. The molecule has 1 N–H and O–H groups in total. The number of carbonyl (C=O) groups excluding carboxylic acids is 1. The van der Waals surface area contributed by atoms with Gasteiger partial charge in [0.25, 0.3) is 5.91 Å². The molecule has 2 aromatic carbocycles. The van der Waals surface area contributed by atoms with Crippen LogP contribution >= 0.6 is 0 Å². The van der Waals surface area contributed by atoms with Crippen molar-refractivity contribution in [2.45, 2.75) is 20.3 Å². The maximum absolute atomic E-state index is 12.2. The Morgan fingerprint density at radius 2 is 1.89 bits per heavy atom. The smallest absolute Gasteiger partial charge is 0.262 e. The number of anilines is 2. The van der Waals surface area contributed by atoms with Crippen LogP contribution in [0.4, 0.5) is 11.4 Å². The van der Waals surface area contributed by atoms with E-state index in [2.05, 4.69) is 48.1 Å². The van der Waals surface area contributed by atoms with E-state index in [0.29, 0.717) is 0 Å². The first kappa shape index (κ1) is 19.2. The van der Waals surface area contributed by atoms with E-state index in [4.69, 9.17) is 4.74 Å². The lowest BCUT2D eigenvalue weighted by atomic mass is 10.1. The summed E-state index contributed by atoms with van der Waals surface area (Å²) in [6.07, 6.45) is 0.947. The van der Waals surface area contributed by atoms with Crippen LogP contribution in [0.1, 0.15) is 18.1 Å². The number of hydrogen-bond donors (Lipinski definition) is 1. The molecule has 1 aliphatic rings. The largest absolute Gasteiger partial charge is 0.484 e. The van der Waals surface area contributed by atoms with Crippen molar-refractivity contribution in [3.8, 4) is 5.75 Å². The fourth-order valence-electron chi connectivity index (χ4n) is 3.34. The average molecular weight is 367 g/mol. The second kappa shape index (κ2) is 8.91. The summed E-state index contributed by atoms with van der Waals surface area (Å²) < 4.78 is 5.62. The molecule has 0 aromatic heterocycles. The fourth-order valence-corrected chi connectivity index (χ4v) is 3.34. The van der Waals surface area contributed by atoms with E-state index >= 15 is 0 Å². The van der Waals surface area contributed by atoms with Gasteiger partial charge in [-0.1, -0.05) is 19.1 Å². The number of amides is 1. The monoisotopic (exact) mass is 367 g/mol. The third-order valence-electron chi connectivity index (χ3n) is 5.00. The summed E-state index contributed by atoms with van der Waals surface area (Å²) in [7, 11) is 2.16. The topological polar surface area (TPSA) is 44.8 Å². The van der Waals surface area contributed by atoms with Crippen molar-refractivity contribution >= 4 is 17.3 Å². The summed E-state index contributed by atoms with van der Waals surface area (Å²) in [5.41, 5.74) is 4.42. The summed E-state index contributed by atoms with van der Waals surface area (Å²) in [6.45, 7) is 8.42. The molecule has 3 rings (SSSR count). The number of carbonyl (C=O) groups is 1. The Bertz CT molecular complexity index is 783. The Morgan fingerprint density at radius 3 is 2.59 bits per heavy atom. The second-order valence-electron chi connectivity index (χ2n) is 7.13. The standard InChI is InChI=1S/C22H29N3O2/c1-4-18-6-5-7-20(15-18)27-16-22(26)23-19-8-9-21(17(2)14-19)25-12-10-24(3)11-13-25/h5-9,14-15H,4,10-13,16H2,1-3H3,(H,23,26). The van der Waals surface area contributed by atoms with E-state index in [1.54, 1.807) is 0 Å². The Hall–Kier alpha value is -2.53. The van der Waals surface area contributed by atoms with Crippen LogP contribution in [0.2, 0.25) is 0 Å². The SMILES string of the molecule is CCc1cccc(OCC(=O)Nc2ccc(N3CCN(C)CC3)c(C)c2)c1. The van der Waals surface area contributed by atoms with E-state index in [0.717, 1.165) is 44.0 Å². The highest BCUT2D eigenvalue weighted by atomic mass is 16.5. The van der Waals surface area contributed by atoms with E-state index in [-0.39, 0.29) is 12.5 Å². The number of piperazine rings is 1. The van der Waals surface area contributed by atoms with Gasteiger partial charge in [0.2, 0.25) is 0 Å². The first-order chi connectivity index (χ1) is 13.0. The first-order valence-corrected chi connectivity index (χ1v) is 9.61. The molecule has 0 bridgehead atoms. The summed E-state index contributed by atoms with van der Waals surface area (Å²) in [6, 6.07) is 14.0. The number of rotatable bonds is 6. The number of benzene rings is 2. The van der Waals surface area contributed by atoms with Gasteiger partial charge in [-0.3, -0.25) is 4.79 Å². The zero-order valence-electron chi connectivity index (χ0n) is 16.5. The van der Waals surface area contributed by atoms with E-state index in [1.165, 1.54) is 16.8 Å². The van der Waals surface area contributed by atoms with Crippen LogP contribution in [-0.2, 0) is 11.2 Å². The molecule has 1 aliphatic heterocycles. The van der Waals surface area contributed by atoms with Crippen LogP contribution in [0, 0.1) is 6.92 Å². The van der Waals surface area contributed by atoms with Gasteiger partial charge in [-0.2, -0.15) is 0 Å². The lowest BCUT2D eigenvalue weighted by Gasteiger charge is -2.35. The van der Waals surface area contributed by atoms with Gasteiger partial charge in [0.15, 0.2) is 6.61 Å². The number of hydrogen-bond acceptors (Lipinski definition) is 4. The quantitative estimate of drug-likeness (QED) is 0.851. The molecule has 0 aliphatic carbocycles. The number of nitrogens with zero attached hydrogens (tertiary/aromatic N) is 2. The molecule has 0 saturated carbocycles. The van der Waals surface area contributed by atoms with E-state index in [1.807, 2.05) is 30.3 Å². The lowest BCUT2D eigenvalue weighted by Crippen LogP contribution is -2.44. The van der Waals surface area contributed by atoms with Gasteiger partial charge in [0, 0.05) is 37.6 Å². The first-order valence-electron chi connectivity index (χ1n) is 9.61. The van der Waals surface area contributed by atoms with Crippen molar-refractivity contribution in [1.82, 2.24) is 4.90 Å². The molecule has 2 aromatic rings. The summed E-state index contributed by atoms with van der Waals surface area (Å²) in [4.78, 5) is 17.0. The van der Waals surface area contributed by atoms with Crippen molar-refractivity contribution in [2.24, 2.45) is 0 Å². The van der Waals surface area contributed by atoms with Gasteiger partial charge in [-0.15, -0.1) is 0 Å². The molecule has 144 valence electrons. The Morgan fingerprint density at radius 1 is 1.11 bits per heavy atom. The van der Waals surface area contributed by atoms with Crippen LogP contribution in [0.15, 0.2) is 42.5 Å². The minimum absolute atomic E-state index is 0.00638. The highest BCUT2D eigenvalue weighted by Crippen LogP contribution is 2.24. The molecule has 1 amide bonds. The molecule has 0 unspecified atom stereocenters. The van der Waals surface area contributed by atoms with Crippen molar-refractivity contribution in [3.63, 3.8) is 0 Å². The molecule has 27 heavy (non-hydrogen) atoms. The lowest BCUT2D eigenvalue weighted by molar-refractivity contribution is -0.118. The molecule has 1 saturated heterocycles. The normalized spacial score (nSPS) is 14.9. The Kier molecular flexibility index (Phi) is 6.35. The molecular formula is C22H29N3O2. The van der Waals surface area contributed by atoms with Gasteiger partial charge in [0.05, 0.1) is 0 Å². The van der Waals surface area contributed by atoms with Gasteiger partial charge < -0.3 is 19.9 Å². The number of ether oxygens (including phenoxy) is 1. The van der Waals surface area contributed by atoms with Crippen molar-refractivity contribution in [1.29, 1.82) is 0 Å². The maximum atomic E-state index is 12.2. The van der Waals surface area contributed by atoms with Crippen molar-refractivity contribution in [3.05, 3.63) is 53.6 Å². The van der Waals surface area contributed by atoms with E-state index < -0.39 is 0 Å². The van der Waals surface area contributed by atoms with Gasteiger partial charge in [-0.05, 0) is 61.9 Å². The maximum Gasteiger partial charge on any atom is 0.262 e. The van der Waals surface area contributed by atoms with Crippen LogP contribution in [-0.4, -0.2) is 50.6 Å². The molecular weight excluding hydrogens is 338 g/mol. The van der Waals surface area contributed by atoms with E-state index in [9.17, 15) is 4.79 Å². The minimum atomic E-state index is -0.149. The summed E-state index contributed by atoms with van der Waals surface area (Å²) >= 11 is 0. The van der Waals surface area contributed by atoms with Crippen LogP contribution in [0.25, 0.3) is 0 Å². The Labute approximate surface area is 161 Å². The van der Waals surface area contributed by atoms with Crippen molar-refractivity contribution in [2.75, 3.05) is 50.1 Å². The van der Waals surface area contributed by atoms with Crippen LogP contribution in [0.5, 0.6) is 5.75 Å². The molecule has 1 fully saturated rings. The molecule has 0 atom stereocenters. The predicted octanol–water partition coefficient (Wildman–Crippen LogP) is 3.33. The Balaban J connectivity index is 1.55. The van der Waals surface area contributed by atoms with Crippen LogP contribution < -0.4 is 15.0 Å². The molecule has 0 spiro atoms. The number of likely N-dealkylation sites (N-methyl/N-ethyl adjacent to an activating group) is 1. The molecule has 1 heterocycles. The zero-order chi connectivity index (χ0) is 19.2. The zero-order valence-corrected chi connectivity index (χ0v) is 16.5. The highest BCUT2D eigenvalue weighted by molar-refractivity contribution is 5.92. The van der Waals surface area contributed by atoms with Gasteiger partial charge in [0.1, 0.15) is 5.75 Å². The highest BCUT2D eigenvalue weighted by Gasteiger charge is 2.16. The number of aryl methyl sites for hydroxylation is 2. The molecule has 5 nitrogen and oxygen atoms in total. The van der Waals surface area contributed by atoms with Gasteiger partial charge >= 0.3 is 0 Å². The van der Waals surface area contributed by atoms with Crippen molar-refractivity contribution < 1.29 is 9.53 Å². The summed E-state index contributed by atoms with van der Waals surface area (Å²) in [5.74, 6) is 0.578. The molecule has 5 heteroatoms. The van der Waals surface area contributed by atoms with Crippen LogP contribution in [0.3, 0.4) is 0 Å². The van der Waals surface area contributed by atoms with Gasteiger partial charge in [-0.25, -0.2) is 0 Å². The minimum Gasteiger partial charge on any atom is -0.484 e. The third-order valence-corrected chi connectivity index (χ3v) is 5.00. The average Bonchev–Trinajstić information content (AvgIpc) is 2.68.